The predicted molar refractivity (Wildman–Crippen MR) is 51.8 cm³/mol. The molecular formula is C10H12N2O. The Labute approximate surface area is 77.6 Å². The third kappa shape index (κ3) is 3.59. The monoisotopic (exact) mass is 176 g/mol. The Morgan fingerprint density at radius 2 is 2.15 bits per heavy atom. The largest absolute Gasteiger partial charge is 0.397 e. The summed E-state index contributed by atoms with van der Waals surface area (Å²) in [7, 11) is 0. The van der Waals surface area contributed by atoms with Gasteiger partial charge in [-0.1, -0.05) is 11.8 Å². The van der Waals surface area contributed by atoms with Gasteiger partial charge in [-0.15, -0.1) is 0 Å². The molecule has 68 valence electrons. The Morgan fingerprint density at radius 3 is 2.69 bits per heavy atom. The Bertz CT molecular complexity index is 355. The van der Waals surface area contributed by atoms with Crippen molar-refractivity contribution >= 4 is 5.69 Å². The third-order valence-electron chi connectivity index (χ3n) is 1.27. The average Bonchev–Trinajstić information content (AvgIpc) is 2.00. The van der Waals surface area contributed by atoms with Gasteiger partial charge in [0.05, 0.1) is 5.69 Å². The van der Waals surface area contributed by atoms with Gasteiger partial charge >= 0.3 is 0 Å². The lowest BCUT2D eigenvalue weighted by Crippen LogP contribution is -2.14. The number of aliphatic hydroxyl groups is 1. The van der Waals surface area contributed by atoms with Crippen molar-refractivity contribution in [1.29, 1.82) is 0 Å². The van der Waals surface area contributed by atoms with Crippen LogP contribution in [-0.2, 0) is 0 Å². The van der Waals surface area contributed by atoms with Crippen LogP contribution in [0.15, 0.2) is 18.5 Å². The van der Waals surface area contributed by atoms with Crippen LogP contribution in [0.25, 0.3) is 0 Å². The standard InChI is InChI=1S/C10H12N2O/c1-10(2,13)4-3-8-5-9(11)7-12-6-8/h5-7,13H,11H2,1-2H3. The minimum Gasteiger partial charge on any atom is -0.397 e. The molecule has 0 aliphatic heterocycles. The predicted octanol–water partition coefficient (Wildman–Crippen LogP) is 0.786. The number of pyridine rings is 1. The summed E-state index contributed by atoms with van der Waals surface area (Å²) in [6.07, 6.45) is 3.16. The zero-order valence-electron chi connectivity index (χ0n) is 7.70. The van der Waals surface area contributed by atoms with Gasteiger partial charge < -0.3 is 10.8 Å². The van der Waals surface area contributed by atoms with Gasteiger partial charge in [0.25, 0.3) is 0 Å². The summed E-state index contributed by atoms with van der Waals surface area (Å²) in [4.78, 5) is 3.88. The van der Waals surface area contributed by atoms with Gasteiger partial charge in [0.2, 0.25) is 0 Å². The first-order valence-electron chi connectivity index (χ1n) is 3.93. The molecule has 0 saturated heterocycles. The molecule has 0 spiro atoms. The van der Waals surface area contributed by atoms with E-state index in [2.05, 4.69) is 16.8 Å². The van der Waals surface area contributed by atoms with Gasteiger partial charge in [-0.2, -0.15) is 0 Å². The molecule has 0 radical (unpaired) electrons. The Hall–Kier alpha value is -1.53. The lowest BCUT2D eigenvalue weighted by Gasteiger charge is -2.05. The highest BCUT2D eigenvalue weighted by atomic mass is 16.3. The van der Waals surface area contributed by atoms with E-state index in [1.807, 2.05) is 0 Å². The molecule has 1 aromatic heterocycles. The number of nitrogen functional groups attached to an aromatic ring is 1. The van der Waals surface area contributed by atoms with Crippen LogP contribution in [0.1, 0.15) is 19.4 Å². The van der Waals surface area contributed by atoms with Crippen LogP contribution >= 0.6 is 0 Å². The first-order chi connectivity index (χ1) is 5.97. The Kier molecular flexibility index (Phi) is 2.54. The maximum Gasteiger partial charge on any atom is 0.120 e. The lowest BCUT2D eigenvalue weighted by atomic mass is 10.1. The Morgan fingerprint density at radius 1 is 1.46 bits per heavy atom. The van der Waals surface area contributed by atoms with Crippen molar-refractivity contribution in [3.05, 3.63) is 24.0 Å². The fourth-order valence-electron chi connectivity index (χ4n) is 0.751. The second-order valence-corrected chi connectivity index (χ2v) is 3.32. The zero-order valence-corrected chi connectivity index (χ0v) is 7.70. The fourth-order valence-corrected chi connectivity index (χ4v) is 0.751. The van der Waals surface area contributed by atoms with Crippen molar-refractivity contribution < 1.29 is 5.11 Å². The molecule has 0 fully saturated rings. The molecule has 0 unspecified atom stereocenters. The van der Waals surface area contributed by atoms with Crippen LogP contribution < -0.4 is 5.73 Å². The number of hydrogen-bond acceptors (Lipinski definition) is 3. The number of nitrogens with two attached hydrogens (primary N) is 1. The molecule has 1 heterocycles. The van der Waals surface area contributed by atoms with E-state index < -0.39 is 5.60 Å². The first kappa shape index (κ1) is 9.56. The van der Waals surface area contributed by atoms with Gasteiger partial charge in [0.1, 0.15) is 5.60 Å². The number of rotatable bonds is 0. The maximum absolute atomic E-state index is 9.32. The van der Waals surface area contributed by atoms with E-state index in [9.17, 15) is 5.11 Å². The summed E-state index contributed by atoms with van der Waals surface area (Å²) in [6, 6.07) is 1.71. The topological polar surface area (TPSA) is 59.1 Å². The molecule has 0 atom stereocenters. The van der Waals surface area contributed by atoms with Crippen molar-refractivity contribution in [2.75, 3.05) is 5.73 Å². The normalized spacial score (nSPS) is 10.4. The highest BCUT2D eigenvalue weighted by molar-refractivity contribution is 5.44. The molecule has 0 aliphatic rings. The lowest BCUT2D eigenvalue weighted by molar-refractivity contribution is 0.143. The molecular weight excluding hydrogens is 164 g/mol. The average molecular weight is 176 g/mol. The zero-order chi connectivity index (χ0) is 9.90. The van der Waals surface area contributed by atoms with E-state index >= 15 is 0 Å². The smallest absolute Gasteiger partial charge is 0.120 e. The van der Waals surface area contributed by atoms with Crippen molar-refractivity contribution in [3.8, 4) is 11.8 Å². The van der Waals surface area contributed by atoms with Crippen LogP contribution in [0.3, 0.4) is 0 Å². The number of hydrogen-bond donors (Lipinski definition) is 2. The first-order valence-corrected chi connectivity index (χ1v) is 3.93. The summed E-state index contributed by atoms with van der Waals surface area (Å²) in [5.41, 5.74) is 5.81. The van der Waals surface area contributed by atoms with E-state index in [-0.39, 0.29) is 0 Å². The highest BCUT2D eigenvalue weighted by Gasteiger charge is 2.05. The molecule has 0 saturated carbocycles. The second kappa shape index (κ2) is 3.46. The molecule has 3 nitrogen and oxygen atoms in total. The van der Waals surface area contributed by atoms with Crippen LogP contribution in [-0.4, -0.2) is 15.7 Å². The van der Waals surface area contributed by atoms with Crippen LogP contribution in [0.4, 0.5) is 5.69 Å². The summed E-state index contributed by atoms with van der Waals surface area (Å²) in [5.74, 6) is 5.46. The summed E-state index contributed by atoms with van der Waals surface area (Å²) < 4.78 is 0. The number of aromatic nitrogens is 1. The van der Waals surface area contributed by atoms with Gasteiger partial charge in [-0.25, -0.2) is 0 Å². The molecule has 1 rings (SSSR count). The van der Waals surface area contributed by atoms with E-state index in [4.69, 9.17) is 5.73 Å². The van der Waals surface area contributed by atoms with E-state index in [1.54, 1.807) is 32.3 Å². The summed E-state index contributed by atoms with van der Waals surface area (Å²) in [6.45, 7) is 3.25. The van der Waals surface area contributed by atoms with Crippen LogP contribution in [0.2, 0.25) is 0 Å². The SMILES string of the molecule is CC(C)(O)C#Cc1cncc(N)c1. The molecule has 3 heteroatoms. The van der Waals surface area contributed by atoms with Gasteiger partial charge in [0, 0.05) is 18.0 Å². The third-order valence-corrected chi connectivity index (χ3v) is 1.27. The van der Waals surface area contributed by atoms with Crippen molar-refractivity contribution in [1.82, 2.24) is 4.98 Å². The molecule has 0 aliphatic carbocycles. The second-order valence-electron chi connectivity index (χ2n) is 3.32. The molecule has 13 heavy (non-hydrogen) atoms. The van der Waals surface area contributed by atoms with Gasteiger partial charge in [0.15, 0.2) is 0 Å². The van der Waals surface area contributed by atoms with Crippen LogP contribution in [0.5, 0.6) is 0 Å². The fraction of sp³-hybridized carbons (Fsp3) is 0.300. The maximum atomic E-state index is 9.32. The van der Waals surface area contributed by atoms with E-state index in [1.165, 1.54) is 0 Å². The summed E-state index contributed by atoms with van der Waals surface area (Å²) >= 11 is 0. The number of anilines is 1. The Balaban J connectivity index is 2.90. The highest BCUT2D eigenvalue weighted by Crippen LogP contribution is 2.03. The van der Waals surface area contributed by atoms with Crippen LogP contribution in [0, 0.1) is 11.8 Å². The molecule has 3 N–H and O–H groups in total. The van der Waals surface area contributed by atoms with Gasteiger partial charge in [-0.3, -0.25) is 4.98 Å². The minimum absolute atomic E-state index is 0.572. The van der Waals surface area contributed by atoms with Gasteiger partial charge in [-0.05, 0) is 19.9 Å². The molecule has 0 bridgehead atoms. The number of nitrogens with zero attached hydrogens (tertiary/aromatic N) is 1. The molecule has 0 amide bonds. The van der Waals surface area contributed by atoms with Crippen molar-refractivity contribution in [3.63, 3.8) is 0 Å². The van der Waals surface area contributed by atoms with E-state index in [0.29, 0.717) is 11.3 Å². The molecule has 0 aromatic carbocycles. The van der Waals surface area contributed by atoms with Crippen molar-refractivity contribution in [2.24, 2.45) is 0 Å². The van der Waals surface area contributed by atoms with E-state index in [0.717, 1.165) is 0 Å². The molecule has 1 aromatic rings. The van der Waals surface area contributed by atoms with Crippen molar-refractivity contribution in [2.45, 2.75) is 19.4 Å². The quantitative estimate of drug-likeness (QED) is 0.574. The minimum atomic E-state index is -0.982. The summed E-state index contributed by atoms with van der Waals surface area (Å²) in [5, 5.41) is 9.32.